The molecular formula is C22H17N5O4. The fourth-order valence-corrected chi connectivity index (χ4v) is 3.07. The van der Waals surface area contributed by atoms with Gasteiger partial charge in [-0.15, -0.1) is 10.2 Å². The van der Waals surface area contributed by atoms with Crippen LogP contribution in [0, 0.1) is 0 Å². The van der Waals surface area contributed by atoms with Crippen LogP contribution in [-0.2, 0) is 11.2 Å². The van der Waals surface area contributed by atoms with Crippen LogP contribution in [-0.4, -0.2) is 32.4 Å². The molecule has 5 rings (SSSR count). The molecule has 154 valence electrons. The first kappa shape index (κ1) is 18.6. The topological polar surface area (TPSA) is 100 Å². The van der Waals surface area contributed by atoms with E-state index in [1.54, 1.807) is 59.7 Å². The van der Waals surface area contributed by atoms with Crippen molar-refractivity contribution in [1.82, 2.24) is 19.7 Å². The number of fused-ring (bicyclic) bond motifs is 1. The second-order valence-electron chi connectivity index (χ2n) is 6.74. The summed E-state index contributed by atoms with van der Waals surface area (Å²) in [6, 6.07) is 16.0. The zero-order valence-corrected chi connectivity index (χ0v) is 16.3. The zero-order chi connectivity index (χ0) is 21.0. The SMILES string of the molecule is O=C(Cc1ccc2c(c1)OCO2)Nc1ccc(Oc2ccc(-n3ccnc3)nn2)cc1. The first-order valence-electron chi connectivity index (χ1n) is 9.51. The Kier molecular flexibility index (Phi) is 4.89. The Labute approximate surface area is 177 Å². The monoisotopic (exact) mass is 415 g/mol. The van der Waals surface area contributed by atoms with Gasteiger partial charge in [0.05, 0.1) is 6.42 Å². The number of nitrogens with zero attached hydrogens (tertiary/aromatic N) is 4. The number of ether oxygens (including phenoxy) is 3. The third-order valence-electron chi connectivity index (χ3n) is 4.56. The molecular weight excluding hydrogens is 398 g/mol. The lowest BCUT2D eigenvalue weighted by Gasteiger charge is -2.08. The summed E-state index contributed by atoms with van der Waals surface area (Å²) in [4.78, 5) is 16.3. The van der Waals surface area contributed by atoms with E-state index in [1.807, 2.05) is 18.2 Å². The van der Waals surface area contributed by atoms with Gasteiger partial charge in [0, 0.05) is 24.1 Å². The Morgan fingerprint density at radius 3 is 2.68 bits per heavy atom. The van der Waals surface area contributed by atoms with Gasteiger partial charge in [-0.25, -0.2) is 4.98 Å². The number of carbonyl (C=O) groups excluding carboxylic acids is 1. The second-order valence-corrected chi connectivity index (χ2v) is 6.74. The third kappa shape index (κ3) is 4.30. The number of imidazole rings is 1. The molecule has 1 N–H and O–H groups in total. The predicted octanol–water partition coefficient (Wildman–Crippen LogP) is 3.36. The average Bonchev–Trinajstić information content (AvgIpc) is 3.47. The van der Waals surface area contributed by atoms with E-state index in [-0.39, 0.29) is 19.1 Å². The van der Waals surface area contributed by atoms with Crippen LogP contribution in [0.1, 0.15) is 5.56 Å². The summed E-state index contributed by atoms with van der Waals surface area (Å²) in [6.45, 7) is 0.208. The summed E-state index contributed by atoms with van der Waals surface area (Å²) in [5.74, 6) is 2.81. The zero-order valence-electron chi connectivity index (χ0n) is 16.3. The first-order chi connectivity index (χ1) is 15.2. The van der Waals surface area contributed by atoms with Gasteiger partial charge in [-0.1, -0.05) is 6.07 Å². The molecule has 0 spiro atoms. The smallest absolute Gasteiger partial charge is 0.238 e. The molecule has 9 nitrogen and oxygen atoms in total. The average molecular weight is 415 g/mol. The molecule has 9 heteroatoms. The number of rotatable bonds is 6. The van der Waals surface area contributed by atoms with Crippen molar-refractivity contribution in [3.05, 3.63) is 78.9 Å². The molecule has 0 saturated heterocycles. The Hall–Kier alpha value is -4.40. The molecule has 0 saturated carbocycles. The summed E-state index contributed by atoms with van der Waals surface area (Å²) in [7, 11) is 0. The number of carbonyl (C=O) groups is 1. The van der Waals surface area contributed by atoms with Crippen LogP contribution in [0.15, 0.2) is 73.3 Å². The number of hydrogen-bond donors (Lipinski definition) is 1. The number of amides is 1. The second kappa shape index (κ2) is 8.15. The lowest BCUT2D eigenvalue weighted by Crippen LogP contribution is -2.14. The summed E-state index contributed by atoms with van der Waals surface area (Å²) in [5.41, 5.74) is 1.51. The molecule has 0 unspecified atom stereocenters. The maximum Gasteiger partial charge on any atom is 0.238 e. The fourth-order valence-electron chi connectivity index (χ4n) is 3.07. The normalized spacial score (nSPS) is 11.9. The van der Waals surface area contributed by atoms with E-state index in [4.69, 9.17) is 14.2 Å². The molecule has 1 aliphatic heterocycles. The van der Waals surface area contributed by atoms with E-state index < -0.39 is 0 Å². The summed E-state index contributed by atoms with van der Waals surface area (Å²) in [5, 5.41) is 11.0. The van der Waals surface area contributed by atoms with Crippen LogP contribution in [0.5, 0.6) is 23.1 Å². The van der Waals surface area contributed by atoms with E-state index >= 15 is 0 Å². The predicted molar refractivity (Wildman–Crippen MR) is 111 cm³/mol. The van der Waals surface area contributed by atoms with Crippen LogP contribution in [0.25, 0.3) is 5.82 Å². The Morgan fingerprint density at radius 1 is 1.03 bits per heavy atom. The van der Waals surface area contributed by atoms with Crippen LogP contribution in [0.2, 0.25) is 0 Å². The number of nitrogens with one attached hydrogen (secondary N) is 1. The van der Waals surface area contributed by atoms with Gasteiger partial charge >= 0.3 is 0 Å². The molecule has 0 fully saturated rings. The maximum absolute atomic E-state index is 12.3. The lowest BCUT2D eigenvalue weighted by molar-refractivity contribution is -0.115. The standard InChI is InChI=1S/C22H17N5O4/c28-21(12-15-1-6-18-19(11-15)30-14-29-18)24-16-2-4-17(5-3-16)31-22-8-7-20(25-26-22)27-10-9-23-13-27/h1-11,13H,12,14H2,(H,24,28). The summed E-state index contributed by atoms with van der Waals surface area (Å²) >= 11 is 0. The quantitative estimate of drug-likeness (QED) is 0.515. The molecule has 1 aliphatic rings. The van der Waals surface area contributed by atoms with Crippen molar-refractivity contribution in [3.8, 4) is 28.9 Å². The van der Waals surface area contributed by atoms with Crippen LogP contribution in [0.4, 0.5) is 5.69 Å². The van der Waals surface area contributed by atoms with E-state index in [2.05, 4.69) is 20.5 Å². The van der Waals surface area contributed by atoms with Gasteiger partial charge in [0.15, 0.2) is 17.3 Å². The van der Waals surface area contributed by atoms with Gasteiger partial charge in [-0.05, 0) is 48.0 Å². The van der Waals surface area contributed by atoms with Gasteiger partial charge in [0.2, 0.25) is 18.6 Å². The molecule has 0 radical (unpaired) electrons. The van der Waals surface area contributed by atoms with Crippen molar-refractivity contribution >= 4 is 11.6 Å². The molecule has 1 amide bonds. The van der Waals surface area contributed by atoms with Gasteiger partial charge < -0.3 is 19.5 Å². The Bertz CT molecular complexity index is 1190. The minimum Gasteiger partial charge on any atom is -0.454 e. The van der Waals surface area contributed by atoms with Gasteiger partial charge in [-0.3, -0.25) is 9.36 Å². The number of anilines is 1. The van der Waals surface area contributed by atoms with Crippen molar-refractivity contribution in [2.75, 3.05) is 12.1 Å². The minimum absolute atomic E-state index is 0.131. The van der Waals surface area contributed by atoms with Crippen molar-refractivity contribution in [1.29, 1.82) is 0 Å². The molecule has 0 bridgehead atoms. The summed E-state index contributed by atoms with van der Waals surface area (Å²) in [6.07, 6.45) is 5.32. The number of benzene rings is 2. The molecule has 2 aromatic heterocycles. The summed E-state index contributed by atoms with van der Waals surface area (Å²) < 4.78 is 18.1. The third-order valence-corrected chi connectivity index (χ3v) is 4.56. The van der Waals surface area contributed by atoms with Crippen molar-refractivity contribution < 1.29 is 19.0 Å². The number of hydrogen-bond acceptors (Lipinski definition) is 7. The lowest BCUT2D eigenvalue weighted by atomic mass is 10.1. The van der Waals surface area contributed by atoms with E-state index in [0.717, 1.165) is 5.56 Å². The minimum atomic E-state index is -0.131. The van der Waals surface area contributed by atoms with Crippen molar-refractivity contribution in [3.63, 3.8) is 0 Å². The molecule has 0 aliphatic carbocycles. The van der Waals surface area contributed by atoms with E-state index in [9.17, 15) is 4.79 Å². The molecule has 3 heterocycles. The molecule has 0 atom stereocenters. The first-order valence-corrected chi connectivity index (χ1v) is 9.51. The Balaban J connectivity index is 1.17. The van der Waals surface area contributed by atoms with Gasteiger partial charge in [0.1, 0.15) is 12.1 Å². The fraction of sp³-hybridized carbons (Fsp3) is 0.0909. The molecule has 31 heavy (non-hydrogen) atoms. The van der Waals surface area contributed by atoms with E-state index in [1.165, 1.54) is 0 Å². The van der Waals surface area contributed by atoms with Crippen molar-refractivity contribution in [2.24, 2.45) is 0 Å². The van der Waals surface area contributed by atoms with Crippen molar-refractivity contribution in [2.45, 2.75) is 6.42 Å². The highest BCUT2D eigenvalue weighted by atomic mass is 16.7. The highest BCUT2D eigenvalue weighted by Gasteiger charge is 2.14. The Morgan fingerprint density at radius 2 is 1.90 bits per heavy atom. The van der Waals surface area contributed by atoms with Crippen LogP contribution in [0.3, 0.4) is 0 Å². The van der Waals surface area contributed by atoms with Gasteiger partial charge in [-0.2, -0.15) is 0 Å². The van der Waals surface area contributed by atoms with Crippen LogP contribution < -0.4 is 19.5 Å². The molecule has 4 aromatic rings. The highest BCUT2D eigenvalue weighted by Crippen LogP contribution is 2.32. The van der Waals surface area contributed by atoms with Gasteiger partial charge in [0.25, 0.3) is 0 Å². The van der Waals surface area contributed by atoms with Crippen LogP contribution >= 0.6 is 0 Å². The highest BCUT2D eigenvalue weighted by molar-refractivity contribution is 5.92. The molecule has 2 aromatic carbocycles. The maximum atomic E-state index is 12.3. The van der Waals surface area contributed by atoms with E-state index in [0.29, 0.717) is 34.6 Å². The largest absolute Gasteiger partial charge is 0.454 e. The number of aromatic nitrogens is 4.